The predicted molar refractivity (Wildman–Crippen MR) is 99.3 cm³/mol. The van der Waals surface area contributed by atoms with Crippen LogP contribution in [0.2, 0.25) is 0 Å². The molecule has 0 aliphatic carbocycles. The first-order valence-corrected chi connectivity index (χ1v) is 7.82. The molecule has 7 heteroatoms. The summed E-state index contributed by atoms with van der Waals surface area (Å²) in [5, 5.41) is 16.0. The molecule has 26 heavy (non-hydrogen) atoms. The standard InChI is InChI=1S/C19H17N3O4/c1-11(23)21-12-3-5-13(6-4-12)22-18-15-9-14(26-2)7-8-17(15)20-10-16(18)19(24)25/h3-10H,1-2H3,(H,20,22)(H,21,23)(H,24,25). The van der Waals surface area contributed by atoms with Crippen molar-refractivity contribution < 1.29 is 19.4 Å². The quantitative estimate of drug-likeness (QED) is 0.649. The van der Waals surface area contributed by atoms with Gasteiger partial charge >= 0.3 is 5.97 Å². The van der Waals surface area contributed by atoms with Crippen LogP contribution in [0.25, 0.3) is 10.9 Å². The number of amides is 1. The number of pyridine rings is 1. The lowest BCUT2D eigenvalue weighted by molar-refractivity contribution is -0.114. The Morgan fingerprint density at radius 1 is 1.08 bits per heavy atom. The second kappa shape index (κ2) is 7.10. The van der Waals surface area contributed by atoms with E-state index in [0.29, 0.717) is 33.7 Å². The summed E-state index contributed by atoms with van der Waals surface area (Å²) < 4.78 is 5.24. The van der Waals surface area contributed by atoms with E-state index in [-0.39, 0.29) is 11.5 Å². The van der Waals surface area contributed by atoms with Crippen LogP contribution < -0.4 is 15.4 Å². The number of carboxylic acid groups (broad SMARTS) is 1. The maximum atomic E-state index is 11.6. The van der Waals surface area contributed by atoms with Gasteiger partial charge in [-0.25, -0.2) is 4.79 Å². The van der Waals surface area contributed by atoms with Crippen LogP contribution in [0.1, 0.15) is 17.3 Å². The summed E-state index contributed by atoms with van der Waals surface area (Å²) in [6, 6.07) is 12.2. The zero-order valence-corrected chi connectivity index (χ0v) is 14.2. The Labute approximate surface area is 149 Å². The number of nitrogens with one attached hydrogen (secondary N) is 2. The molecule has 0 aliphatic rings. The maximum Gasteiger partial charge on any atom is 0.339 e. The van der Waals surface area contributed by atoms with Gasteiger partial charge in [-0.1, -0.05) is 0 Å². The van der Waals surface area contributed by atoms with Gasteiger partial charge in [-0.2, -0.15) is 0 Å². The van der Waals surface area contributed by atoms with E-state index in [1.54, 1.807) is 49.6 Å². The molecule has 3 N–H and O–H groups in total. The van der Waals surface area contributed by atoms with E-state index in [9.17, 15) is 14.7 Å². The Balaban J connectivity index is 2.05. The number of nitrogens with zero attached hydrogens (tertiary/aromatic N) is 1. The van der Waals surface area contributed by atoms with E-state index < -0.39 is 5.97 Å². The Kier molecular flexibility index (Phi) is 4.70. The average Bonchev–Trinajstić information content (AvgIpc) is 2.62. The van der Waals surface area contributed by atoms with E-state index in [4.69, 9.17) is 4.74 Å². The number of rotatable bonds is 5. The minimum atomic E-state index is -1.08. The Morgan fingerprint density at radius 2 is 1.77 bits per heavy atom. The summed E-state index contributed by atoms with van der Waals surface area (Å²) in [7, 11) is 1.55. The fraction of sp³-hybridized carbons (Fsp3) is 0.105. The minimum Gasteiger partial charge on any atom is -0.497 e. The molecule has 3 rings (SSSR count). The van der Waals surface area contributed by atoms with Gasteiger partial charge in [0.15, 0.2) is 0 Å². The van der Waals surface area contributed by atoms with Gasteiger partial charge in [-0.3, -0.25) is 9.78 Å². The average molecular weight is 351 g/mol. The summed E-state index contributed by atoms with van der Waals surface area (Å²) in [5.41, 5.74) is 2.46. The normalized spacial score (nSPS) is 10.4. The third-order valence-electron chi connectivity index (χ3n) is 3.78. The maximum absolute atomic E-state index is 11.6. The molecule has 0 bridgehead atoms. The Bertz CT molecular complexity index is 984. The van der Waals surface area contributed by atoms with Crippen molar-refractivity contribution in [3.8, 4) is 5.75 Å². The molecule has 1 amide bonds. The number of anilines is 3. The van der Waals surface area contributed by atoms with E-state index in [1.807, 2.05) is 0 Å². The van der Waals surface area contributed by atoms with Gasteiger partial charge < -0.3 is 20.5 Å². The van der Waals surface area contributed by atoms with Crippen molar-refractivity contribution in [2.75, 3.05) is 17.7 Å². The number of ether oxygens (including phenoxy) is 1. The van der Waals surface area contributed by atoms with Crippen LogP contribution in [0.4, 0.5) is 17.1 Å². The number of methoxy groups -OCH3 is 1. The fourth-order valence-electron chi connectivity index (χ4n) is 2.58. The molecule has 2 aromatic carbocycles. The molecule has 0 aliphatic heterocycles. The number of hydrogen-bond acceptors (Lipinski definition) is 5. The molecule has 0 saturated heterocycles. The predicted octanol–water partition coefficient (Wildman–Crippen LogP) is 3.64. The van der Waals surface area contributed by atoms with Crippen LogP contribution in [0, 0.1) is 0 Å². The highest BCUT2D eigenvalue weighted by Crippen LogP contribution is 2.32. The molecule has 0 radical (unpaired) electrons. The first kappa shape index (κ1) is 17.2. The zero-order chi connectivity index (χ0) is 18.7. The third-order valence-corrected chi connectivity index (χ3v) is 3.78. The molecule has 1 aromatic heterocycles. The number of hydrogen-bond donors (Lipinski definition) is 3. The molecule has 1 heterocycles. The van der Waals surface area contributed by atoms with Crippen molar-refractivity contribution in [1.82, 2.24) is 4.98 Å². The second-order valence-corrected chi connectivity index (χ2v) is 5.62. The smallest absolute Gasteiger partial charge is 0.339 e. The highest BCUT2D eigenvalue weighted by molar-refractivity contribution is 6.05. The van der Waals surface area contributed by atoms with Crippen LogP contribution in [0.5, 0.6) is 5.75 Å². The Hall–Kier alpha value is -3.61. The summed E-state index contributed by atoms with van der Waals surface area (Å²) in [6.45, 7) is 1.43. The third kappa shape index (κ3) is 3.56. The molecular weight excluding hydrogens is 334 g/mol. The van der Waals surface area contributed by atoms with Gasteiger partial charge in [-0.15, -0.1) is 0 Å². The van der Waals surface area contributed by atoms with Crippen molar-refractivity contribution in [2.45, 2.75) is 6.92 Å². The Morgan fingerprint density at radius 3 is 2.38 bits per heavy atom. The number of carboxylic acids is 1. The van der Waals surface area contributed by atoms with Crippen molar-refractivity contribution in [1.29, 1.82) is 0 Å². The monoisotopic (exact) mass is 351 g/mol. The van der Waals surface area contributed by atoms with Crippen LogP contribution in [0.3, 0.4) is 0 Å². The van der Waals surface area contributed by atoms with E-state index >= 15 is 0 Å². The summed E-state index contributed by atoms with van der Waals surface area (Å²) in [4.78, 5) is 26.9. The van der Waals surface area contributed by atoms with Crippen LogP contribution in [0.15, 0.2) is 48.7 Å². The topological polar surface area (TPSA) is 101 Å². The molecule has 7 nitrogen and oxygen atoms in total. The van der Waals surface area contributed by atoms with Crippen molar-refractivity contribution in [3.63, 3.8) is 0 Å². The van der Waals surface area contributed by atoms with Crippen LogP contribution in [-0.2, 0) is 4.79 Å². The van der Waals surface area contributed by atoms with Crippen molar-refractivity contribution >= 4 is 39.8 Å². The summed E-state index contributed by atoms with van der Waals surface area (Å²) in [5.74, 6) is -0.642. The SMILES string of the molecule is COc1ccc2ncc(C(=O)O)c(Nc3ccc(NC(C)=O)cc3)c2c1. The van der Waals surface area contributed by atoms with Crippen LogP contribution in [-0.4, -0.2) is 29.1 Å². The summed E-state index contributed by atoms with van der Waals surface area (Å²) in [6.07, 6.45) is 1.32. The summed E-state index contributed by atoms with van der Waals surface area (Å²) >= 11 is 0. The fourth-order valence-corrected chi connectivity index (χ4v) is 2.58. The number of benzene rings is 2. The van der Waals surface area contributed by atoms with Gasteiger partial charge in [-0.05, 0) is 42.5 Å². The number of carbonyl (C=O) groups excluding carboxylic acids is 1. The lowest BCUT2D eigenvalue weighted by Gasteiger charge is -2.14. The van der Waals surface area contributed by atoms with Crippen molar-refractivity contribution in [3.05, 3.63) is 54.2 Å². The highest BCUT2D eigenvalue weighted by atomic mass is 16.5. The zero-order valence-electron chi connectivity index (χ0n) is 14.2. The molecule has 0 saturated carbocycles. The van der Waals surface area contributed by atoms with Gasteiger partial charge in [0.2, 0.25) is 5.91 Å². The molecule has 3 aromatic rings. The largest absolute Gasteiger partial charge is 0.497 e. The molecule has 0 fully saturated rings. The van der Waals surface area contributed by atoms with E-state index in [2.05, 4.69) is 15.6 Å². The number of carbonyl (C=O) groups is 2. The first-order chi connectivity index (χ1) is 12.5. The van der Waals surface area contributed by atoms with Gasteiger partial charge in [0.25, 0.3) is 0 Å². The minimum absolute atomic E-state index is 0.0525. The second-order valence-electron chi connectivity index (χ2n) is 5.62. The van der Waals surface area contributed by atoms with E-state index in [1.165, 1.54) is 13.1 Å². The highest BCUT2D eigenvalue weighted by Gasteiger charge is 2.15. The molecule has 132 valence electrons. The molecule has 0 spiro atoms. The van der Waals surface area contributed by atoms with Gasteiger partial charge in [0.1, 0.15) is 11.3 Å². The lowest BCUT2D eigenvalue weighted by Crippen LogP contribution is -2.06. The number of aromatic carboxylic acids is 1. The lowest BCUT2D eigenvalue weighted by atomic mass is 10.1. The number of aromatic nitrogens is 1. The van der Waals surface area contributed by atoms with Crippen LogP contribution >= 0.6 is 0 Å². The molecule has 0 unspecified atom stereocenters. The van der Waals surface area contributed by atoms with Gasteiger partial charge in [0.05, 0.1) is 18.3 Å². The van der Waals surface area contributed by atoms with Gasteiger partial charge in [0, 0.05) is 29.9 Å². The first-order valence-electron chi connectivity index (χ1n) is 7.82. The molecule has 0 atom stereocenters. The molecular formula is C19H17N3O4. The van der Waals surface area contributed by atoms with E-state index in [0.717, 1.165) is 0 Å². The number of fused-ring (bicyclic) bond motifs is 1. The van der Waals surface area contributed by atoms with Crippen molar-refractivity contribution in [2.24, 2.45) is 0 Å².